The summed E-state index contributed by atoms with van der Waals surface area (Å²) in [6.07, 6.45) is -0.181. The van der Waals surface area contributed by atoms with E-state index in [2.05, 4.69) is 5.32 Å². The fourth-order valence-electron chi connectivity index (χ4n) is 3.45. The third-order valence-corrected chi connectivity index (χ3v) is 5.09. The second kappa shape index (κ2) is 8.92. The molecule has 4 aromatic rings. The first-order valence-electron chi connectivity index (χ1n) is 10.1. The van der Waals surface area contributed by atoms with Gasteiger partial charge in [-0.15, -0.1) is 0 Å². The average molecular weight is 417 g/mol. The van der Waals surface area contributed by atoms with E-state index in [0.29, 0.717) is 23.4 Å². The highest BCUT2D eigenvalue weighted by Gasteiger charge is 2.20. The number of ether oxygens (including phenoxy) is 2. The molecule has 0 unspecified atom stereocenters. The van der Waals surface area contributed by atoms with E-state index >= 15 is 0 Å². The van der Waals surface area contributed by atoms with Crippen LogP contribution in [0.5, 0.6) is 5.75 Å². The minimum Gasteiger partial charge on any atom is -0.495 e. The van der Waals surface area contributed by atoms with Gasteiger partial charge < -0.3 is 19.2 Å². The summed E-state index contributed by atoms with van der Waals surface area (Å²) in [6, 6.07) is 20.9. The summed E-state index contributed by atoms with van der Waals surface area (Å²) in [4.78, 5) is 24.8. The molecule has 1 amide bonds. The van der Waals surface area contributed by atoms with E-state index in [9.17, 15) is 9.59 Å². The van der Waals surface area contributed by atoms with Gasteiger partial charge in [0.2, 0.25) is 0 Å². The number of hydrogen-bond donors (Lipinski definition) is 1. The van der Waals surface area contributed by atoms with Gasteiger partial charge in [-0.3, -0.25) is 9.59 Å². The summed E-state index contributed by atoms with van der Waals surface area (Å²) in [5.41, 5.74) is 2.88. The smallest absolute Gasteiger partial charge is 0.306 e. The van der Waals surface area contributed by atoms with Crippen LogP contribution in [-0.2, 0) is 20.7 Å². The topological polar surface area (TPSA) is 77.8 Å². The molecule has 6 nitrogen and oxygen atoms in total. The number of rotatable bonds is 7. The van der Waals surface area contributed by atoms with Crippen LogP contribution in [0, 0.1) is 0 Å². The van der Waals surface area contributed by atoms with Crippen LogP contribution in [0.3, 0.4) is 0 Å². The number of para-hydroxylation sites is 1. The molecule has 0 radical (unpaired) electrons. The van der Waals surface area contributed by atoms with Crippen molar-refractivity contribution < 1.29 is 23.5 Å². The molecule has 158 valence electrons. The van der Waals surface area contributed by atoms with Crippen LogP contribution in [-0.4, -0.2) is 25.1 Å². The molecule has 3 aromatic carbocycles. The molecule has 1 N–H and O–H groups in total. The summed E-state index contributed by atoms with van der Waals surface area (Å²) in [7, 11) is 1.53. The molecule has 0 fully saturated rings. The zero-order chi connectivity index (χ0) is 21.8. The number of hydrogen-bond acceptors (Lipinski definition) is 5. The Labute approximate surface area is 179 Å². The Morgan fingerprint density at radius 3 is 2.48 bits per heavy atom. The molecule has 1 atom stereocenters. The van der Waals surface area contributed by atoms with Crippen molar-refractivity contribution in [3.8, 4) is 5.75 Å². The molecule has 0 aliphatic rings. The van der Waals surface area contributed by atoms with Crippen molar-refractivity contribution in [2.45, 2.75) is 25.9 Å². The van der Waals surface area contributed by atoms with Gasteiger partial charge in [0.1, 0.15) is 16.9 Å². The number of esters is 1. The van der Waals surface area contributed by atoms with Crippen molar-refractivity contribution in [2.24, 2.45) is 0 Å². The maximum atomic E-state index is 12.6. The van der Waals surface area contributed by atoms with E-state index in [1.807, 2.05) is 60.7 Å². The maximum Gasteiger partial charge on any atom is 0.306 e. The number of nitrogens with one attached hydrogen (secondary N) is 1. The van der Waals surface area contributed by atoms with E-state index < -0.39 is 18.0 Å². The molecule has 1 aromatic heterocycles. The molecule has 6 heteroatoms. The van der Waals surface area contributed by atoms with Gasteiger partial charge in [0.15, 0.2) is 6.10 Å². The quantitative estimate of drug-likeness (QED) is 0.424. The summed E-state index contributed by atoms with van der Waals surface area (Å²) in [5, 5.41) is 4.64. The number of fused-ring (bicyclic) bond motifs is 3. The Morgan fingerprint density at radius 2 is 1.71 bits per heavy atom. The van der Waals surface area contributed by atoms with Crippen LogP contribution in [0.15, 0.2) is 71.1 Å². The van der Waals surface area contributed by atoms with Crippen molar-refractivity contribution in [3.63, 3.8) is 0 Å². The minimum absolute atomic E-state index is 0.204. The Hall–Kier alpha value is -3.80. The normalized spacial score (nSPS) is 11.9. The van der Waals surface area contributed by atoms with E-state index in [4.69, 9.17) is 13.9 Å². The molecule has 0 spiro atoms. The lowest BCUT2D eigenvalue weighted by Gasteiger charge is -2.15. The lowest BCUT2D eigenvalue weighted by atomic mass is 10.1. The van der Waals surface area contributed by atoms with Crippen molar-refractivity contribution in [3.05, 3.63) is 72.3 Å². The Bertz CT molecular complexity index is 1230. The van der Waals surface area contributed by atoms with Crippen LogP contribution in [0.1, 0.15) is 18.9 Å². The number of methoxy groups -OCH3 is 1. The Morgan fingerprint density at radius 1 is 0.968 bits per heavy atom. The number of anilines is 1. The van der Waals surface area contributed by atoms with Gasteiger partial charge >= 0.3 is 5.97 Å². The van der Waals surface area contributed by atoms with Gasteiger partial charge in [0.25, 0.3) is 5.91 Å². The summed E-state index contributed by atoms with van der Waals surface area (Å²) in [5.74, 6) is -0.372. The number of carbonyl (C=O) groups is 2. The van der Waals surface area contributed by atoms with Gasteiger partial charge in [-0.25, -0.2) is 0 Å². The molecule has 0 saturated carbocycles. The molecule has 0 saturated heterocycles. The highest BCUT2D eigenvalue weighted by atomic mass is 16.5. The summed E-state index contributed by atoms with van der Waals surface area (Å²) in [6.45, 7) is 1.54. The van der Waals surface area contributed by atoms with E-state index in [1.54, 1.807) is 13.0 Å². The Kier molecular flexibility index (Phi) is 5.89. The standard InChI is InChI=1S/C25H23NO5/c1-16(30-24(27)13-12-17-8-4-3-5-9-17)25(28)26-20-15-22-19(14-23(20)29-2)18-10-6-7-11-21(18)31-22/h3-11,14-16H,12-13H2,1-2H3,(H,26,28)/t16-/m1/s1. The molecule has 1 heterocycles. The maximum absolute atomic E-state index is 12.6. The van der Waals surface area contributed by atoms with Crippen molar-refractivity contribution in [1.82, 2.24) is 0 Å². The number of furan rings is 1. The first-order chi connectivity index (χ1) is 15.0. The zero-order valence-corrected chi connectivity index (χ0v) is 17.4. The first kappa shape index (κ1) is 20.5. The van der Waals surface area contributed by atoms with Crippen LogP contribution >= 0.6 is 0 Å². The molecule has 0 aliphatic heterocycles. The third-order valence-electron chi connectivity index (χ3n) is 5.09. The zero-order valence-electron chi connectivity index (χ0n) is 17.4. The number of aryl methyl sites for hydroxylation is 1. The van der Waals surface area contributed by atoms with Crippen molar-refractivity contribution >= 4 is 39.5 Å². The fourth-order valence-corrected chi connectivity index (χ4v) is 3.45. The number of benzene rings is 3. The van der Waals surface area contributed by atoms with Crippen LogP contribution in [0.25, 0.3) is 21.9 Å². The van der Waals surface area contributed by atoms with Gasteiger partial charge in [0.05, 0.1) is 12.8 Å². The molecule has 4 rings (SSSR count). The predicted molar refractivity (Wildman–Crippen MR) is 119 cm³/mol. The first-order valence-corrected chi connectivity index (χ1v) is 10.1. The van der Waals surface area contributed by atoms with Crippen molar-refractivity contribution in [2.75, 3.05) is 12.4 Å². The van der Waals surface area contributed by atoms with Gasteiger partial charge in [-0.1, -0.05) is 48.5 Å². The lowest BCUT2D eigenvalue weighted by molar-refractivity contribution is -0.153. The van der Waals surface area contributed by atoms with Gasteiger partial charge in [0, 0.05) is 23.3 Å². The number of carbonyl (C=O) groups excluding carboxylic acids is 2. The van der Waals surface area contributed by atoms with Crippen LogP contribution in [0.2, 0.25) is 0 Å². The SMILES string of the molecule is COc1cc2c(cc1NC(=O)[C@@H](C)OC(=O)CCc1ccccc1)oc1ccccc12. The highest BCUT2D eigenvalue weighted by molar-refractivity contribution is 6.08. The molecular weight excluding hydrogens is 394 g/mol. The molecule has 31 heavy (non-hydrogen) atoms. The van der Waals surface area contributed by atoms with E-state index in [-0.39, 0.29) is 6.42 Å². The highest BCUT2D eigenvalue weighted by Crippen LogP contribution is 2.36. The van der Waals surface area contributed by atoms with Gasteiger partial charge in [-0.2, -0.15) is 0 Å². The average Bonchev–Trinajstić information content (AvgIpc) is 3.15. The van der Waals surface area contributed by atoms with Crippen LogP contribution < -0.4 is 10.1 Å². The largest absolute Gasteiger partial charge is 0.495 e. The second-order valence-corrected chi connectivity index (χ2v) is 7.25. The number of amides is 1. The second-order valence-electron chi connectivity index (χ2n) is 7.25. The van der Waals surface area contributed by atoms with E-state index in [1.165, 1.54) is 7.11 Å². The third kappa shape index (κ3) is 4.53. The molecule has 0 aliphatic carbocycles. The molecular formula is C25H23NO5. The van der Waals surface area contributed by atoms with E-state index in [0.717, 1.165) is 21.9 Å². The minimum atomic E-state index is -0.945. The molecule has 0 bridgehead atoms. The Balaban J connectivity index is 1.44. The lowest BCUT2D eigenvalue weighted by Crippen LogP contribution is -2.30. The fraction of sp³-hybridized carbons (Fsp3) is 0.200. The van der Waals surface area contributed by atoms with Crippen LogP contribution in [0.4, 0.5) is 5.69 Å². The summed E-state index contributed by atoms with van der Waals surface area (Å²) >= 11 is 0. The van der Waals surface area contributed by atoms with Gasteiger partial charge in [-0.05, 0) is 31.0 Å². The monoisotopic (exact) mass is 417 g/mol. The summed E-state index contributed by atoms with van der Waals surface area (Å²) < 4.78 is 16.6. The predicted octanol–water partition coefficient (Wildman–Crippen LogP) is 5.10. The van der Waals surface area contributed by atoms with Crippen molar-refractivity contribution in [1.29, 1.82) is 0 Å².